The van der Waals surface area contributed by atoms with E-state index in [1.807, 2.05) is 0 Å². The predicted octanol–water partition coefficient (Wildman–Crippen LogP) is 3.91. The molecule has 0 rings (SSSR count). The SMILES string of the molecule is CCCCN(C)CC(C)(CCC)CNC(C)(C)C. The zero-order chi connectivity index (χ0) is 14.2. The van der Waals surface area contributed by atoms with Crippen molar-refractivity contribution in [2.75, 3.05) is 26.7 Å². The monoisotopic (exact) mass is 256 g/mol. The summed E-state index contributed by atoms with van der Waals surface area (Å²) in [5.74, 6) is 0. The van der Waals surface area contributed by atoms with Gasteiger partial charge in [0.2, 0.25) is 0 Å². The van der Waals surface area contributed by atoms with Crippen LogP contribution in [0.4, 0.5) is 0 Å². The molecule has 2 heteroatoms. The second-order valence-electron chi connectivity index (χ2n) is 7.26. The molecule has 0 aromatic heterocycles. The quantitative estimate of drug-likeness (QED) is 0.673. The smallest absolute Gasteiger partial charge is 0.00967 e. The molecule has 0 spiro atoms. The fourth-order valence-corrected chi connectivity index (χ4v) is 2.46. The summed E-state index contributed by atoms with van der Waals surface area (Å²) in [4.78, 5) is 2.50. The lowest BCUT2D eigenvalue weighted by Crippen LogP contribution is -2.47. The molecule has 2 nitrogen and oxygen atoms in total. The molecule has 0 aliphatic carbocycles. The van der Waals surface area contributed by atoms with Gasteiger partial charge in [-0.25, -0.2) is 0 Å². The van der Waals surface area contributed by atoms with E-state index in [1.54, 1.807) is 0 Å². The first kappa shape index (κ1) is 17.9. The predicted molar refractivity (Wildman–Crippen MR) is 83.2 cm³/mol. The largest absolute Gasteiger partial charge is 0.311 e. The summed E-state index contributed by atoms with van der Waals surface area (Å²) in [6.07, 6.45) is 5.16. The van der Waals surface area contributed by atoms with Crippen molar-refractivity contribution in [1.82, 2.24) is 10.2 Å². The van der Waals surface area contributed by atoms with Crippen molar-refractivity contribution in [2.45, 2.75) is 72.8 Å². The number of hydrogen-bond acceptors (Lipinski definition) is 2. The van der Waals surface area contributed by atoms with Crippen LogP contribution in [0, 0.1) is 5.41 Å². The molecule has 0 aliphatic heterocycles. The van der Waals surface area contributed by atoms with Gasteiger partial charge in [-0.05, 0) is 52.6 Å². The molecular formula is C16H36N2. The minimum Gasteiger partial charge on any atom is -0.311 e. The molecule has 0 aliphatic rings. The first-order chi connectivity index (χ1) is 8.22. The fourth-order valence-electron chi connectivity index (χ4n) is 2.46. The molecule has 0 fully saturated rings. The van der Waals surface area contributed by atoms with Crippen LogP contribution in [0.1, 0.15) is 67.2 Å². The van der Waals surface area contributed by atoms with Crippen molar-refractivity contribution >= 4 is 0 Å². The average molecular weight is 256 g/mol. The second-order valence-corrected chi connectivity index (χ2v) is 7.26. The van der Waals surface area contributed by atoms with Crippen molar-refractivity contribution in [1.29, 1.82) is 0 Å². The van der Waals surface area contributed by atoms with Gasteiger partial charge in [-0.3, -0.25) is 0 Å². The third-order valence-electron chi connectivity index (χ3n) is 3.44. The molecule has 0 saturated heterocycles. The summed E-state index contributed by atoms with van der Waals surface area (Å²) in [7, 11) is 2.26. The van der Waals surface area contributed by atoms with Gasteiger partial charge in [-0.2, -0.15) is 0 Å². The highest BCUT2D eigenvalue weighted by atomic mass is 15.1. The minimum atomic E-state index is 0.219. The molecule has 110 valence electrons. The second kappa shape index (κ2) is 8.16. The first-order valence-corrected chi connectivity index (χ1v) is 7.66. The summed E-state index contributed by atoms with van der Waals surface area (Å²) in [5.41, 5.74) is 0.613. The van der Waals surface area contributed by atoms with E-state index in [4.69, 9.17) is 0 Å². The third kappa shape index (κ3) is 8.93. The molecular weight excluding hydrogens is 220 g/mol. The van der Waals surface area contributed by atoms with Crippen LogP contribution in [-0.2, 0) is 0 Å². The minimum absolute atomic E-state index is 0.219. The summed E-state index contributed by atoms with van der Waals surface area (Å²) in [6.45, 7) is 17.3. The van der Waals surface area contributed by atoms with Gasteiger partial charge in [0, 0.05) is 18.6 Å². The maximum absolute atomic E-state index is 3.68. The normalized spacial score (nSPS) is 16.0. The van der Waals surface area contributed by atoms with Crippen LogP contribution in [0.2, 0.25) is 0 Å². The molecule has 1 atom stereocenters. The van der Waals surface area contributed by atoms with E-state index < -0.39 is 0 Å². The Morgan fingerprint density at radius 2 is 1.61 bits per heavy atom. The number of rotatable bonds is 9. The Hall–Kier alpha value is -0.0800. The number of nitrogens with zero attached hydrogens (tertiary/aromatic N) is 1. The van der Waals surface area contributed by atoms with Gasteiger partial charge in [0.05, 0.1) is 0 Å². The van der Waals surface area contributed by atoms with Crippen LogP contribution >= 0.6 is 0 Å². The molecule has 0 heterocycles. The topological polar surface area (TPSA) is 15.3 Å². The zero-order valence-electron chi connectivity index (χ0n) is 13.9. The van der Waals surface area contributed by atoms with E-state index in [-0.39, 0.29) is 5.54 Å². The van der Waals surface area contributed by atoms with Crippen LogP contribution in [0.5, 0.6) is 0 Å². The van der Waals surface area contributed by atoms with Gasteiger partial charge < -0.3 is 10.2 Å². The highest BCUT2D eigenvalue weighted by Crippen LogP contribution is 2.24. The van der Waals surface area contributed by atoms with E-state index in [0.717, 1.165) is 6.54 Å². The van der Waals surface area contributed by atoms with Crippen molar-refractivity contribution in [3.8, 4) is 0 Å². The molecule has 1 unspecified atom stereocenters. The Bertz CT molecular complexity index is 208. The van der Waals surface area contributed by atoms with Crippen LogP contribution in [0.25, 0.3) is 0 Å². The summed E-state index contributed by atoms with van der Waals surface area (Å²) >= 11 is 0. The number of nitrogens with one attached hydrogen (secondary N) is 1. The van der Waals surface area contributed by atoms with E-state index in [2.05, 4.69) is 58.8 Å². The van der Waals surface area contributed by atoms with Gasteiger partial charge in [0.1, 0.15) is 0 Å². The molecule has 0 saturated carbocycles. The Balaban J connectivity index is 4.32. The highest BCUT2D eigenvalue weighted by molar-refractivity contribution is 4.83. The van der Waals surface area contributed by atoms with Gasteiger partial charge in [-0.15, -0.1) is 0 Å². The van der Waals surface area contributed by atoms with Crippen LogP contribution in [0.3, 0.4) is 0 Å². The van der Waals surface area contributed by atoms with Crippen molar-refractivity contribution < 1.29 is 0 Å². The van der Waals surface area contributed by atoms with E-state index in [0.29, 0.717) is 5.41 Å². The molecule has 0 aromatic rings. The van der Waals surface area contributed by atoms with Gasteiger partial charge in [0.25, 0.3) is 0 Å². The van der Waals surface area contributed by atoms with Gasteiger partial charge in [-0.1, -0.05) is 33.6 Å². The van der Waals surface area contributed by atoms with E-state index >= 15 is 0 Å². The highest BCUT2D eigenvalue weighted by Gasteiger charge is 2.26. The average Bonchev–Trinajstić information content (AvgIpc) is 2.23. The Kier molecular flexibility index (Phi) is 8.13. The van der Waals surface area contributed by atoms with Gasteiger partial charge in [0.15, 0.2) is 0 Å². The molecule has 0 aromatic carbocycles. The first-order valence-electron chi connectivity index (χ1n) is 7.66. The van der Waals surface area contributed by atoms with E-state index in [1.165, 1.54) is 38.8 Å². The molecule has 18 heavy (non-hydrogen) atoms. The summed E-state index contributed by atoms with van der Waals surface area (Å²) in [5, 5.41) is 3.68. The van der Waals surface area contributed by atoms with Gasteiger partial charge >= 0.3 is 0 Å². The molecule has 0 amide bonds. The maximum Gasteiger partial charge on any atom is 0.00967 e. The lowest BCUT2D eigenvalue weighted by Gasteiger charge is -2.36. The summed E-state index contributed by atoms with van der Waals surface area (Å²) < 4.78 is 0. The maximum atomic E-state index is 3.68. The molecule has 1 N–H and O–H groups in total. The number of hydrogen-bond donors (Lipinski definition) is 1. The Morgan fingerprint density at radius 3 is 2.06 bits per heavy atom. The Labute approximate surface area is 116 Å². The summed E-state index contributed by atoms with van der Waals surface area (Å²) in [6, 6.07) is 0. The number of unbranched alkanes of at least 4 members (excludes halogenated alkanes) is 1. The van der Waals surface area contributed by atoms with Crippen molar-refractivity contribution in [3.63, 3.8) is 0 Å². The zero-order valence-corrected chi connectivity index (χ0v) is 13.9. The molecule has 0 radical (unpaired) electrons. The lowest BCUT2D eigenvalue weighted by atomic mass is 9.84. The molecule has 0 bridgehead atoms. The third-order valence-corrected chi connectivity index (χ3v) is 3.44. The van der Waals surface area contributed by atoms with Crippen molar-refractivity contribution in [2.24, 2.45) is 5.41 Å². The fraction of sp³-hybridized carbons (Fsp3) is 1.00. The lowest BCUT2D eigenvalue weighted by molar-refractivity contribution is 0.160. The van der Waals surface area contributed by atoms with Crippen LogP contribution in [-0.4, -0.2) is 37.1 Å². The Morgan fingerprint density at radius 1 is 1.00 bits per heavy atom. The van der Waals surface area contributed by atoms with Crippen LogP contribution in [0.15, 0.2) is 0 Å². The van der Waals surface area contributed by atoms with Crippen molar-refractivity contribution in [3.05, 3.63) is 0 Å². The van der Waals surface area contributed by atoms with E-state index in [9.17, 15) is 0 Å². The standard InChI is InChI=1S/C16H36N2/c1-8-10-12-18(7)14-16(6,11-9-2)13-17-15(3,4)5/h17H,8-14H2,1-7H3. The van der Waals surface area contributed by atoms with Crippen LogP contribution < -0.4 is 5.32 Å².